The van der Waals surface area contributed by atoms with Crippen molar-refractivity contribution in [1.29, 1.82) is 0 Å². The van der Waals surface area contributed by atoms with E-state index in [1.54, 1.807) is 37.2 Å². The van der Waals surface area contributed by atoms with Crippen LogP contribution in [-0.4, -0.2) is 41.4 Å². The summed E-state index contributed by atoms with van der Waals surface area (Å²) in [5.74, 6) is -0.718. The number of nitrogens with zero attached hydrogens (tertiary/aromatic N) is 3. The standard InChI is InChI=1S/C13H14FN5O/c1-19(2)8-15-18-13(20)12-7-11(16-17-12)9-3-5-10(14)6-4-9/h3-8H,1-2H3,(H,16,17)(H,18,20)/b15-8+. The predicted molar refractivity (Wildman–Crippen MR) is 73.6 cm³/mol. The summed E-state index contributed by atoms with van der Waals surface area (Å²) < 4.78 is 12.8. The van der Waals surface area contributed by atoms with Crippen LogP contribution in [0.1, 0.15) is 10.5 Å². The molecule has 6 nitrogen and oxygen atoms in total. The van der Waals surface area contributed by atoms with Crippen molar-refractivity contribution in [2.45, 2.75) is 0 Å². The molecule has 1 aromatic carbocycles. The SMILES string of the molecule is CN(C)/C=N/NC(=O)c1cc(-c2ccc(F)cc2)n[nH]1. The van der Waals surface area contributed by atoms with Crippen molar-refractivity contribution in [3.8, 4) is 11.3 Å². The molecule has 2 N–H and O–H groups in total. The third-order valence-electron chi connectivity index (χ3n) is 2.42. The van der Waals surface area contributed by atoms with Crippen LogP contribution in [0.2, 0.25) is 0 Å². The summed E-state index contributed by atoms with van der Waals surface area (Å²) in [6.07, 6.45) is 1.47. The summed E-state index contributed by atoms with van der Waals surface area (Å²) in [7, 11) is 3.58. The van der Waals surface area contributed by atoms with Gasteiger partial charge in [0.05, 0.1) is 5.69 Å². The Morgan fingerprint density at radius 3 is 2.75 bits per heavy atom. The number of H-pyrrole nitrogens is 1. The molecular weight excluding hydrogens is 261 g/mol. The lowest BCUT2D eigenvalue weighted by atomic mass is 10.1. The average Bonchev–Trinajstić information content (AvgIpc) is 2.88. The van der Waals surface area contributed by atoms with Crippen molar-refractivity contribution >= 4 is 12.2 Å². The largest absolute Gasteiger partial charge is 0.367 e. The van der Waals surface area contributed by atoms with Gasteiger partial charge in [-0.1, -0.05) is 0 Å². The van der Waals surface area contributed by atoms with Crippen LogP contribution in [0.5, 0.6) is 0 Å². The highest BCUT2D eigenvalue weighted by Crippen LogP contribution is 2.17. The van der Waals surface area contributed by atoms with Gasteiger partial charge in [-0.15, -0.1) is 0 Å². The number of halogens is 1. The molecule has 0 bridgehead atoms. The van der Waals surface area contributed by atoms with Crippen LogP contribution in [0.4, 0.5) is 4.39 Å². The highest BCUT2D eigenvalue weighted by molar-refractivity contribution is 5.93. The van der Waals surface area contributed by atoms with E-state index < -0.39 is 5.91 Å². The second-order valence-corrected chi connectivity index (χ2v) is 4.32. The fourth-order valence-corrected chi connectivity index (χ4v) is 1.47. The second-order valence-electron chi connectivity index (χ2n) is 4.32. The molecule has 1 amide bonds. The summed E-state index contributed by atoms with van der Waals surface area (Å²) in [6.45, 7) is 0. The first-order valence-corrected chi connectivity index (χ1v) is 5.87. The van der Waals surface area contributed by atoms with Gasteiger partial charge in [0, 0.05) is 19.7 Å². The molecule has 20 heavy (non-hydrogen) atoms. The van der Waals surface area contributed by atoms with E-state index in [0.717, 1.165) is 5.56 Å². The molecule has 0 radical (unpaired) electrons. The second kappa shape index (κ2) is 5.96. The van der Waals surface area contributed by atoms with Crippen molar-refractivity contribution in [3.05, 3.63) is 41.8 Å². The predicted octanol–water partition coefficient (Wildman–Crippen LogP) is 1.45. The molecule has 0 saturated heterocycles. The van der Waals surface area contributed by atoms with Crippen molar-refractivity contribution in [2.75, 3.05) is 14.1 Å². The lowest BCUT2D eigenvalue weighted by Gasteiger charge is -2.01. The minimum absolute atomic E-state index is 0.278. The maximum Gasteiger partial charge on any atom is 0.289 e. The molecule has 0 fully saturated rings. The molecule has 0 aliphatic rings. The summed E-state index contributed by atoms with van der Waals surface area (Å²) in [4.78, 5) is 13.4. The highest BCUT2D eigenvalue weighted by atomic mass is 19.1. The first-order chi connectivity index (χ1) is 9.56. The van der Waals surface area contributed by atoms with Gasteiger partial charge in [0.1, 0.15) is 17.8 Å². The van der Waals surface area contributed by atoms with Crippen LogP contribution in [0.15, 0.2) is 35.4 Å². The number of hydrogen-bond donors (Lipinski definition) is 2. The summed E-state index contributed by atoms with van der Waals surface area (Å²) in [5.41, 5.74) is 3.92. The molecule has 1 heterocycles. The molecule has 0 atom stereocenters. The fraction of sp³-hybridized carbons (Fsp3) is 0.154. The van der Waals surface area contributed by atoms with Crippen molar-refractivity contribution in [3.63, 3.8) is 0 Å². The van der Waals surface area contributed by atoms with Crippen LogP contribution in [-0.2, 0) is 0 Å². The van der Waals surface area contributed by atoms with E-state index in [4.69, 9.17) is 0 Å². The average molecular weight is 275 g/mol. The van der Waals surface area contributed by atoms with E-state index in [1.165, 1.54) is 18.5 Å². The number of aromatic nitrogens is 2. The van der Waals surface area contributed by atoms with Crippen LogP contribution >= 0.6 is 0 Å². The van der Waals surface area contributed by atoms with Crippen molar-refractivity contribution < 1.29 is 9.18 Å². The Morgan fingerprint density at radius 1 is 1.40 bits per heavy atom. The molecule has 0 unspecified atom stereocenters. The first-order valence-electron chi connectivity index (χ1n) is 5.87. The molecular formula is C13H14FN5O. The van der Waals surface area contributed by atoms with Gasteiger partial charge < -0.3 is 4.90 Å². The van der Waals surface area contributed by atoms with Crippen molar-refractivity contribution in [2.24, 2.45) is 5.10 Å². The van der Waals surface area contributed by atoms with Gasteiger partial charge in [-0.3, -0.25) is 9.89 Å². The Morgan fingerprint density at radius 2 is 2.10 bits per heavy atom. The zero-order chi connectivity index (χ0) is 14.5. The smallest absolute Gasteiger partial charge is 0.289 e. The topological polar surface area (TPSA) is 73.4 Å². The molecule has 2 rings (SSSR count). The Kier molecular flexibility index (Phi) is 4.09. The molecule has 104 valence electrons. The summed E-state index contributed by atoms with van der Waals surface area (Å²) in [5, 5.41) is 10.4. The van der Waals surface area contributed by atoms with Gasteiger partial charge in [-0.2, -0.15) is 10.2 Å². The van der Waals surface area contributed by atoms with E-state index in [-0.39, 0.29) is 11.5 Å². The van der Waals surface area contributed by atoms with Gasteiger partial charge in [-0.25, -0.2) is 9.82 Å². The van der Waals surface area contributed by atoms with Crippen LogP contribution in [0.3, 0.4) is 0 Å². The van der Waals surface area contributed by atoms with E-state index in [2.05, 4.69) is 20.7 Å². The summed E-state index contributed by atoms with van der Waals surface area (Å²) in [6, 6.07) is 7.44. The number of carbonyl (C=O) groups excluding carboxylic acids is 1. The molecule has 0 spiro atoms. The van der Waals surface area contributed by atoms with E-state index in [9.17, 15) is 9.18 Å². The maximum absolute atomic E-state index is 12.8. The first kappa shape index (κ1) is 13.7. The molecule has 0 saturated carbocycles. The van der Waals surface area contributed by atoms with E-state index in [1.807, 2.05) is 0 Å². The number of carbonyl (C=O) groups is 1. The molecule has 0 aliphatic heterocycles. The third kappa shape index (κ3) is 3.41. The number of nitrogens with one attached hydrogen (secondary N) is 2. The lowest BCUT2D eigenvalue weighted by Crippen LogP contribution is -2.20. The normalized spacial score (nSPS) is 10.8. The van der Waals surface area contributed by atoms with Crippen LogP contribution in [0.25, 0.3) is 11.3 Å². The van der Waals surface area contributed by atoms with Crippen LogP contribution < -0.4 is 5.43 Å². The Balaban J connectivity index is 2.08. The number of hydrazone groups is 1. The highest BCUT2D eigenvalue weighted by Gasteiger charge is 2.10. The van der Waals surface area contributed by atoms with E-state index >= 15 is 0 Å². The van der Waals surface area contributed by atoms with Crippen LogP contribution in [0, 0.1) is 5.82 Å². The number of aromatic amines is 1. The lowest BCUT2D eigenvalue weighted by molar-refractivity contribution is 0.0949. The van der Waals surface area contributed by atoms with Crippen molar-refractivity contribution in [1.82, 2.24) is 20.5 Å². The van der Waals surface area contributed by atoms with E-state index in [0.29, 0.717) is 5.69 Å². The summed E-state index contributed by atoms with van der Waals surface area (Å²) >= 11 is 0. The minimum Gasteiger partial charge on any atom is -0.367 e. The fourth-order valence-electron chi connectivity index (χ4n) is 1.47. The Labute approximate surface area is 115 Å². The quantitative estimate of drug-likeness (QED) is 0.504. The Hall–Kier alpha value is -2.70. The zero-order valence-electron chi connectivity index (χ0n) is 11.1. The maximum atomic E-state index is 12.8. The van der Waals surface area contributed by atoms with Gasteiger partial charge >= 0.3 is 0 Å². The number of rotatable bonds is 4. The minimum atomic E-state index is -0.399. The Bertz CT molecular complexity index is 618. The monoisotopic (exact) mass is 275 g/mol. The number of amides is 1. The van der Waals surface area contributed by atoms with Gasteiger partial charge in [0.25, 0.3) is 5.91 Å². The number of benzene rings is 1. The van der Waals surface area contributed by atoms with Gasteiger partial charge in [0.2, 0.25) is 0 Å². The molecule has 7 heteroatoms. The molecule has 1 aromatic heterocycles. The van der Waals surface area contributed by atoms with Gasteiger partial charge in [0.15, 0.2) is 0 Å². The zero-order valence-corrected chi connectivity index (χ0v) is 11.1. The third-order valence-corrected chi connectivity index (χ3v) is 2.42. The van der Waals surface area contributed by atoms with Gasteiger partial charge in [-0.05, 0) is 30.3 Å². The molecule has 0 aliphatic carbocycles. The number of hydrogen-bond acceptors (Lipinski definition) is 3. The molecule has 2 aromatic rings.